The van der Waals surface area contributed by atoms with Crippen LogP contribution in [0.1, 0.15) is 5.56 Å². The Hall–Kier alpha value is -2.67. The first-order chi connectivity index (χ1) is 8.72. The lowest BCUT2D eigenvalue weighted by molar-refractivity contribution is 0.415. The molecule has 0 heterocycles. The van der Waals surface area contributed by atoms with Crippen LogP contribution in [0, 0.1) is 11.3 Å². The maximum atomic E-state index is 8.79. The molecule has 90 valence electrons. The number of nitrogens with one attached hydrogen (secondary N) is 1. The number of benzene rings is 2. The highest BCUT2D eigenvalue weighted by atomic mass is 16.5. The first-order valence-corrected chi connectivity index (χ1v) is 5.43. The maximum absolute atomic E-state index is 8.79. The molecule has 2 aromatic carbocycles. The largest absolute Gasteiger partial charge is 0.497 e. The lowest BCUT2D eigenvalue weighted by Crippen LogP contribution is -1.95. The molecular weight excluding hydrogens is 226 g/mol. The summed E-state index contributed by atoms with van der Waals surface area (Å²) in [5.74, 6) is 0.805. The van der Waals surface area contributed by atoms with Gasteiger partial charge in [-0.25, -0.2) is 0 Å². The van der Waals surface area contributed by atoms with Gasteiger partial charge in [-0.2, -0.15) is 5.26 Å². The first kappa shape index (κ1) is 11.8. The van der Waals surface area contributed by atoms with E-state index < -0.39 is 0 Å². The van der Waals surface area contributed by atoms with Crippen LogP contribution in [0.4, 0.5) is 17.1 Å². The molecule has 0 saturated heterocycles. The van der Waals surface area contributed by atoms with E-state index in [0.717, 1.165) is 17.1 Å². The first-order valence-electron chi connectivity index (χ1n) is 5.43. The number of nitriles is 1. The number of nitrogen functional groups attached to an aromatic ring is 1. The normalized spacial score (nSPS) is 9.56. The summed E-state index contributed by atoms with van der Waals surface area (Å²) in [6.07, 6.45) is 0. The molecule has 4 nitrogen and oxygen atoms in total. The van der Waals surface area contributed by atoms with Gasteiger partial charge in [-0.15, -0.1) is 0 Å². The molecule has 0 saturated carbocycles. The van der Waals surface area contributed by atoms with E-state index >= 15 is 0 Å². The average molecular weight is 239 g/mol. The minimum Gasteiger partial charge on any atom is -0.497 e. The molecule has 3 N–H and O–H groups in total. The molecule has 0 aliphatic carbocycles. The van der Waals surface area contributed by atoms with Gasteiger partial charge in [0.05, 0.1) is 18.4 Å². The molecule has 0 aliphatic rings. The molecule has 0 radical (unpaired) electrons. The Labute approximate surface area is 106 Å². The number of ether oxygens (including phenoxy) is 1. The molecule has 0 aliphatic heterocycles. The van der Waals surface area contributed by atoms with Gasteiger partial charge >= 0.3 is 0 Å². The summed E-state index contributed by atoms with van der Waals surface area (Å²) in [7, 11) is 1.63. The van der Waals surface area contributed by atoms with Crippen LogP contribution in [0.25, 0.3) is 0 Å². The number of hydrogen-bond acceptors (Lipinski definition) is 4. The Morgan fingerprint density at radius 2 is 1.78 bits per heavy atom. The molecule has 0 spiro atoms. The SMILES string of the molecule is COc1ccc(Nc2ccc(C#N)c(N)c2)cc1. The van der Waals surface area contributed by atoms with Gasteiger partial charge in [-0.3, -0.25) is 0 Å². The molecule has 2 rings (SSSR count). The second-order valence-corrected chi connectivity index (χ2v) is 3.77. The van der Waals surface area contributed by atoms with Gasteiger partial charge < -0.3 is 15.8 Å². The topological polar surface area (TPSA) is 71.1 Å². The van der Waals surface area contributed by atoms with Crippen molar-refractivity contribution in [1.29, 1.82) is 5.26 Å². The highest BCUT2D eigenvalue weighted by Gasteiger charge is 2.00. The third kappa shape index (κ3) is 2.53. The summed E-state index contributed by atoms with van der Waals surface area (Å²) in [6.45, 7) is 0. The van der Waals surface area contributed by atoms with Crippen LogP contribution < -0.4 is 15.8 Å². The molecule has 0 aromatic heterocycles. The number of nitrogens with zero attached hydrogens (tertiary/aromatic N) is 1. The summed E-state index contributed by atoms with van der Waals surface area (Å²) in [4.78, 5) is 0. The van der Waals surface area contributed by atoms with Crippen LogP contribution in [0.3, 0.4) is 0 Å². The highest BCUT2D eigenvalue weighted by Crippen LogP contribution is 2.22. The predicted molar refractivity (Wildman–Crippen MR) is 71.8 cm³/mol. The number of anilines is 3. The molecule has 0 fully saturated rings. The van der Waals surface area contributed by atoms with E-state index in [-0.39, 0.29) is 0 Å². The van der Waals surface area contributed by atoms with E-state index in [1.807, 2.05) is 36.4 Å². The highest BCUT2D eigenvalue weighted by molar-refractivity contribution is 5.67. The van der Waals surface area contributed by atoms with Crippen LogP contribution in [0.15, 0.2) is 42.5 Å². The van der Waals surface area contributed by atoms with Gasteiger partial charge in [0.15, 0.2) is 0 Å². The van der Waals surface area contributed by atoms with Crippen molar-refractivity contribution in [3.63, 3.8) is 0 Å². The van der Waals surface area contributed by atoms with Crippen molar-refractivity contribution >= 4 is 17.1 Å². The van der Waals surface area contributed by atoms with Gasteiger partial charge in [-0.1, -0.05) is 0 Å². The van der Waals surface area contributed by atoms with Gasteiger partial charge in [0.1, 0.15) is 11.8 Å². The van der Waals surface area contributed by atoms with Gasteiger partial charge in [0.2, 0.25) is 0 Å². The molecule has 0 atom stereocenters. The monoisotopic (exact) mass is 239 g/mol. The lowest BCUT2D eigenvalue weighted by atomic mass is 10.1. The maximum Gasteiger partial charge on any atom is 0.119 e. The fourth-order valence-corrected chi connectivity index (χ4v) is 1.58. The standard InChI is InChI=1S/C14H13N3O/c1-18-13-6-4-11(5-7-13)17-12-3-2-10(9-15)14(16)8-12/h2-8,17H,16H2,1H3. The Morgan fingerprint density at radius 3 is 2.33 bits per heavy atom. The van der Waals surface area contributed by atoms with Gasteiger partial charge in [0, 0.05) is 11.4 Å². The van der Waals surface area contributed by atoms with E-state index in [1.54, 1.807) is 19.2 Å². The molecule has 18 heavy (non-hydrogen) atoms. The Morgan fingerprint density at radius 1 is 1.11 bits per heavy atom. The lowest BCUT2D eigenvalue weighted by Gasteiger charge is -2.08. The third-order valence-electron chi connectivity index (χ3n) is 2.55. The average Bonchev–Trinajstić information content (AvgIpc) is 2.40. The van der Waals surface area contributed by atoms with Crippen LogP contribution >= 0.6 is 0 Å². The summed E-state index contributed by atoms with van der Waals surface area (Å²) in [5, 5.41) is 12.0. The minimum atomic E-state index is 0.469. The van der Waals surface area contributed by atoms with Crippen LogP contribution in [-0.2, 0) is 0 Å². The Bertz CT molecular complexity index is 585. The van der Waals surface area contributed by atoms with E-state index in [9.17, 15) is 0 Å². The second-order valence-electron chi connectivity index (χ2n) is 3.77. The Balaban J connectivity index is 2.18. The zero-order chi connectivity index (χ0) is 13.0. The van der Waals surface area contributed by atoms with Gasteiger partial charge in [-0.05, 0) is 42.5 Å². The molecular formula is C14H13N3O. The number of methoxy groups -OCH3 is 1. The number of nitrogens with two attached hydrogens (primary N) is 1. The van der Waals surface area contributed by atoms with E-state index in [0.29, 0.717) is 11.3 Å². The van der Waals surface area contributed by atoms with E-state index in [2.05, 4.69) is 5.32 Å². The van der Waals surface area contributed by atoms with Crippen molar-refractivity contribution in [3.8, 4) is 11.8 Å². The number of hydrogen-bond donors (Lipinski definition) is 2. The van der Waals surface area contributed by atoms with Crippen molar-refractivity contribution in [3.05, 3.63) is 48.0 Å². The smallest absolute Gasteiger partial charge is 0.119 e. The van der Waals surface area contributed by atoms with Gasteiger partial charge in [0.25, 0.3) is 0 Å². The van der Waals surface area contributed by atoms with E-state index in [4.69, 9.17) is 15.7 Å². The van der Waals surface area contributed by atoms with Crippen LogP contribution in [0.5, 0.6) is 5.75 Å². The molecule has 0 bridgehead atoms. The van der Waals surface area contributed by atoms with Crippen molar-refractivity contribution in [2.75, 3.05) is 18.2 Å². The predicted octanol–water partition coefficient (Wildman–Crippen LogP) is 2.89. The van der Waals surface area contributed by atoms with Crippen molar-refractivity contribution < 1.29 is 4.74 Å². The zero-order valence-corrected chi connectivity index (χ0v) is 9.97. The van der Waals surface area contributed by atoms with Crippen molar-refractivity contribution in [1.82, 2.24) is 0 Å². The summed E-state index contributed by atoms with van der Waals surface area (Å²) in [6, 6.07) is 14.8. The quantitative estimate of drug-likeness (QED) is 0.808. The summed E-state index contributed by atoms with van der Waals surface area (Å²) >= 11 is 0. The van der Waals surface area contributed by atoms with Crippen molar-refractivity contribution in [2.45, 2.75) is 0 Å². The fraction of sp³-hybridized carbons (Fsp3) is 0.0714. The minimum absolute atomic E-state index is 0.469. The molecule has 0 amide bonds. The number of rotatable bonds is 3. The second kappa shape index (κ2) is 5.11. The Kier molecular flexibility index (Phi) is 3.35. The molecule has 2 aromatic rings. The van der Waals surface area contributed by atoms with E-state index in [1.165, 1.54) is 0 Å². The zero-order valence-electron chi connectivity index (χ0n) is 9.97. The third-order valence-corrected chi connectivity index (χ3v) is 2.55. The molecule has 4 heteroatoms. The van der Waals surface area contributed by atoms with Crippen LogP contribution in [-0.4, -0.2) is 7.11 Å². The van der Waals surface area contributed by atoms with Crippen LogP contribution in [0.2, 0.25) is 0 Å². The van der Waals surface area contributed by atoms with Crippen molar-refractivity contribution in [2.24, 2.45) is 0 Å². The summed E-state index contributed by atoms with van der Waals surface area (Å²) in [5.41, 5.74) is 8.47. The molecule has 0 unspecified atom stereocenters. The fourth-order valence-electron chi connectivity index (χ4n) is 1.58. The summed E-state index contributed by atoms with van der Waals surface area (Å²) < 4.78 is 5.08.